The van der Waals surface area contributed by atoms with Crippen molar-refractivity contribution in [2.24, 2.45) is 0 Å². The van der Waals surface area contributed by atoms with Crippen molar-refractivity contribution in [3.8, 4) is 0 Å². The molecular weight excluding hydrogens is 491 g/mol. The summed E-state index contributed by atoms with van der Waals surface area (Å²) < 4.78 is 53.1. The van der Waals surface area contributed by atoms with Gasteiger partial charge in [-0.25, -0.2) is 18.7 Å². The first-order chi connectivity index (χ1) is 14.1. The maximum atomic E-state index is 11.9. The number of nitrogens with zero attached hydrogens (tertiary/aromatic N) is 3. The zero-order valence-electron chi connectivity index (χ0n) is 15.0. The van der Waals surface area contributed by atoms with Gasteiger partial charge < -0.3 is 34.9 Å². The second-order valence-electron chi connectivity index (χ2n) is 6.11. The minimum absolute atomic E-state index is 0.0274. The van der Waals surface area contributed by atoms with Gasteiger partial charge in [0.1, 0.15) is 18.4 Å². The molecule has 174 valence electrons. The number of fused-ring (bicyclic) bond motifs is 1. The van der Waals surface area contributed by atoms with Gasteiger partial charge in [0.2, 0.25) is 5.95 Å². The van der Waals surface area contributed by atoms with Crippen LogP contribution in [-0.4, -0.2) is 62.8 Å². The molecule has 0 saturated carbocycles. The molecule has 3 rings (SSSR count). The number of aromatic nitrogens is 4. The predicted octanol–water partition coefficient (Wildman–Crippen LogP) is -1.31. The average molecular weight is 507 g/mol. The van der Waals surface area contributed by atoms with E-state index in [0.29, 0.717) is 0 Å². The van der Waals surface area contributed by atoms with Crippen LogP contribution in [0.3, 0.4) is 0 Å². The summed E-state index contributed by atoms with van der Waals surface area (Å²) in [6, 6.07) is 0. The van der Waals surface area contributed by atoms with Gasteiger partial charge in [0.05, 0.1) is 12.9 Å². The molecule has 0 bridgehead atoms. The Morgan fingerprint density at radius 1 is 1.23 bits per heavy atom. The Bertz CT molecular complexity index is 1170. The molecule has 1 saturated heterocycles. The van der Waals surface area contributed by atoms with Crippen LogP contribution < -0.4 is 11.3 Å². The zero-order valence-corrected chi connectivity index (χ0v) is 17.7. The fourth-order valence-electron chi connectivity index (χ4n) is 2.79. The summed E-state index contributed by atoms with van der Waals surface area (Å²) in [7, 11) is -15.7. The van der Waals surface area contributed by atoms with E-state index in [0.717, 1.165) is 6.33 Å². The molecule has 21 heteroatoms. The Kier molecular flexibility index (Phi) is 6.57. The molecule has 1 aliphatic heterocycles. The van der Waals surface area contributed by atoms with Crippen molar-refractivity contribution in [1.29, 1.82) is 0 Å². The Morgan fingerprint density at radius 3 is 2.52 bits per heavy atom. The van der Waals surface area contributed by atoms with Gasteiger partial charge in [-0.15, -0.1) is 0 Å². The fourth-order valence-corrected chi connectivity index (χ4v) is 4.96. The predicted molar refractivity (Wildman–Crippen MR) is 96.9 cm³/mol. The van der Waals surface area contributed by atoms with Crippen LogP contribution in [0.2, 0.25) is 0 Å². The monoisotopic (exact) mass is 507 g/mol. The Balaban J connectivity index is 1.84. The van der Waals surface area contributed by atoms with Crippen LogP contribution in [0, 0.1) is 0 Å². The summed E-state index contributed by atoms with van der Waals surface area (Å²) in [5.74, 6) is -0.240. The summed E-state index contributed by atoms with van der Waals surface area (Å²) >= 11 is 0. The molecule has 0 amide bonds. The van der Waals surface area contributed by atoms with Gasteiger partial charge in [-0.2, -0.15) is 9.29 Å². The first kappa shape index (κ1) is 24.1. The third-order valence-electron chi connectivity index (χ3n) is 3.83. The standard InChI is InChI=1S/C10H16N5O13P3/c11-10-13-8-7(9(16)14-10)12-3-15(8)6-1-4(27-29(17,18)19)5(26-6)2-25-31(23,24)28-30(20,21)22/h3-6H,1-2H2,(H,23,24)(H2,17,18,19)(H2,20,21,22)(H3,11,13,14,16)/t4?,5-,6-/m1/s1. The van der Waals surface area contributed by atoms with Crippen molar-refractivity contribution in [3.05, 3.63) is 16.7 Å². The summed E-state index contributed by atoms with van der Waals surface area (Å²) in [6.07, 6.45) is -3.06. The van der Waals surface area contributed by atoms with E-state index in [4.69, 9.17) is 30.0 Å². The lowest BCUT2D eigenvalue weighted by Gasteiger charge is -2.20. The molecule has 0 aliphatic carbocycles. The third-order valence-corrected chi connectivity index (χ3v) is 6.52. The van der Waals surface area contributed by atoms with Gasteiger partial charge >= 0.3 is 23.5 Å². The molecule has 1 aliphatic rings. The molecule has 2 aromatic rings. The van der Waals surface area contributed by atoms with E-state index in [1.165, 1.54) is 4.57 Å². The number of hydrogen-bond acceptors (Lipinski definition) is 11. The first-order valence-corrected chi connectivity index (χ1v) is 12.5. The summed E-state index contributed by atoms with van der Waals surface area (Å²) in [5, 5.41) is 0. The molecule has 1 fully saturated rings. The average Bonchev–Trinajstić information content (AvgIpc) is 3.13. The van der Waals surface area contributed by atoms with E-state index in [2.05, 4.69) is 28.3 Å². The van der Waals surface area contributed by atoms with Crippen LogP contribution in [0.25, 0.3) is 11.2 Å². The number of nitrogens with two attached hydrogens (primary N) is 1. The number of hydrogen-bond donors (Lipinski definition) is 7. The largest absolute Gasteiger partial charge is 0.481 e. The summed E-state index contributed by atoms with van der Waals surface area (Å²) in [5.41, 5.74) is 4.71. The van der Waals surface area contributed by atoms with E-state index in [1.807, 2.05) is 0 Å². The van der Waals surface area contributed by atoms with E-state index >= 15 is 0 Å². The summed E-state index contributed by atoms with van der Waals surface area (Å²) in [4.78, 5) is 66.7. The van der Waals surface area contributed by atoms with Crippen molar-refractivity contribution in [2.75, 3.05) is 12.3 Å². The molecule has 0 aromatic carbocycles. The number of nitrogens with one attached hydrogen (secondary N) is 1. The number of phosphoric acid groups is 3. The van der Waals surface area contributed by atoms with Crippen molar-refractivity contribution in [2.45, 2.75) is 24.9 Å². The van der Waals surface area contributed by atoms with E-state index in [-0.39, 0.29) is 23.5 Å². The number of anilines is 1. The van der Waals surface area contributed by atoms with Crippen LogP contribution >= 0.6 is 23.5 Å². The lowest BCUT2D eigenvalue weighted by atomic mass is 10.2. The number of phosphoric ester groups is 2. The van der Waals surface area contributed by atoms with Gasteiger partial charge in [-0.3, -0.25) is 23.4 Å². The van der Waals surface area contributed by atoms with Gasteiger partial charge in [-0.1, -0.05) is 0 Å². The normalized spacial score (nSPS) is 24.5. The van der Waals surface area contributed by atoms with Gasteiger partial charge in [0.15, 0.2) is 11.2 Å². The minimum atomic E-state index is -5.39. The van der Waals surface area contributed by atoms with Crippen LogP contribution in [0.1, 0.15) is 12.6 Å². The van der Waals surface area contributed by atoms with Gasteiger partial charge in [0.25, 0.3) is 5.56 Å². The minimum Gasteiger partial charge on any atom is -0.369 e. The van der Waals surface area contributed by atoms with Crippen LogP contribution in [-0.2, 0) is 31.8 Å². The van der Waals surface area contributed by atoms with Crippen molar-refractivity contribution < 1.29 is 56.3 Å². The van der Waals surface area contributed by atoms with Crippen molar-refractivity contribution >= 4 is 40.6 Å². The first-order valence-electron chi connectivity index (χ1n) is 7.99. The molecular formula is C10H16N5O13P3. The van der Waals surface area contributed by atoms with Crippen molar-refractivity contribution in [1.82, 2.24) is 19.5 Å². The molecule has 8 N–H and O–H groups in total. The van der Waals surface area contributed by atoms with Crippen LogP contribution in [0.4, 0.5) is 5.95 Å². The number of nitrogen functional groups attached to an aromatic ring is 1. The smallest absolute Gasteiger partial charge is 0.369 e. The van der Waals surface area contributed by atoms with E-state index in [9.17, 15) is 23.4 Å². The lowest BCUT2D eigenvalue weighted by Crippen LogP contribution is -2.28. The quantitative estimate of drug-likeness (QED) is 0.204. The fraction of sp³-hybridized carbons (Fsp3) is 0.500. The number of H-pyrrole nitrogens is 1. The maximum absolute atomic E-state index is 11.9. The highest BCUT2D eigenvalue weighted by molar-refractivity contribution is 7.60. The number of imidazole rings is 1. The lowest BCUT2D eigenvalue weighted by molar-refractivity contribution is -0.0416. The molecule has 4 atom stereocenters. The molecule has 0 radical (unpaired) electrons. The molecule has 0 spiro atoms. The van der Waals surface area contributed by atoms with Crippen molar-refractivity contribution in [3.63, 3.8) is 0 Å². The topological polar surface area (TPSA) is 279 Å². The number of ether oxygens (including phenoxy) is 1. The molecule has 2 unspecified atom stereocenters. The van der Waals surface area contributed by atoms with E-state index < -0.39 is 54.1 Å². The molecule has 18 nitrogen and oxygen atoms in total. The Labute approximate surface area is 171 Å². The highest BCUT2D eigenvalue weighted by Crippen LogP contribution is 2.58. The Morgan fingerprint density at radius 2 is 1.90 bits per heavy atom. The SMILES string of the molecule is Nc1nc2c(ncn2[C@H]2CC(OP(=O)(O)O)[C@@H](COP(=O)(O)OP(=O)(O)O)O2)c(=O)[nH]1. The highest BCUT2D eigenvalue weighted by Gasteiger charge is 2.43. The van der Waals surface area contributed by atoms with Gasteiger partial charge in [-0.05, 0) is 0 Å². The third kappa shape index (κ3) is 6.26. The summed E-state index contributed by atoms with van der Waals surface area (Å²) in [6.45, 7) is -0.919. The zero-order chi connectivity index (χ0) is 23.2. The van der Waals surface area contributed by atoms with Crippen LogP contribution in [0.5, 0.6) is 0 Å². The molecule has 31 heavy (non-hydrogen) atoms. The van der Waals surface area contributed by atoms with Gasteiger partial charge in [0, 0.05) is 6.42 Å². The second kappa shape index (κ2) is 8.44. The number of aromatic amines is 1. The Hall–Kier alpha value is -1.52. The molecule has 3 heterocycles. The molecule has 2 aromatic heterocycles. The second-order valence-corrected chi connectivity index (χ2v) is 10.1. The maximum Gasteiger partial charge on any atom is 0.481 e. The highest BCUT2D eigenvalue weighted by atomic mass is 31.3. The van der Waals surface area contributed by atoms with E-state index in [1.54, 1.807) is 0 Å². The van der Waals surface area contributed by atoms with Crippen LogP contribution in [0.15, 0.2) is 11.1 Å². The number of rotatable bonds is 8.